The van der Waals surface area contributed by atoms with E-state index in [1.807, 2.05) is 50.2 Å². The summed E-state index contributed by atoms with van der Waals surface area (Å²) in [5.74, 6) is 0.885. The van der Waals surface area contributed by atoms with Crippen molar-refractivity contribution in [3.05, 3.63) is 59.7 Å². The van der Waals surface area contributed by atoms with Gasteiger partial charge in [0.1, 0.15) is 5.75 Å². The van der Waals surface area contributed by atoms with E-state index in [-0.39, 0.29) is 6.10 Å². The number of likely N-dealkylation sites (tertiary alicyclic amines) is 1. The molecule has 0 aromatic heterocycles. The topological polar surface area (TPSA) is 59.7 Å². The zero-order chi connectivity index (χ0) is 21.6. The van der Waals surface area contributed by atoms with E-state index in [0.717, 1.165) is 56.9 Å². The van der Waals surface area contributed by atoms with Crippen LogP contribution in [0, 0.1) is 11.3 Å². The molecular formula is C25H33N3O2. The first-order valence-electron chi connectivity index (χ1n) is 10.8. The summed E-state index contributed by atoms with van der Waals surface area (Å²) in [4.78, 5) is 4.58. The van der Waals surface area contributed by atoms with E-state index in [1.165, 1.54) is 5.56 Å². The summed E-state index contributed by atoms with van der Waals surface area (Å²) in [6, 6.07) is 18.1. The van der Waals surface area contributed by atoms with E-state index in [1.54, 1.807) is 0 Å². The highest BCUT2D eigenvalue weighted by atomic mass is 16.5. The molecule has 1 aliphatic rings. The molecule has 3 rings (SSSR count). The number of benzene rings is 2. The van der Waals surface area contributed by atoms with Crippen LogP contribution in [0.3, 0.4) is 0 Å². The molecule has 0 spiro atoms. The predicted molar refractivity (Wildman–Crippen MR) is 121 cm³/mol. The molecule has 0 atom stereocenters. The Bertz CT molecular complexity index is 832. The van der Waals surface area contributed by atoms with Crippen LogP contribution in [0.4, 0.5) is 5.69 Å². The molecule has 1 saturated heterocycles. The maximum absolute atomic E-state index is 11.1. The standard InChI is InChI=1S/C25H33N3O2/c1-20(2)30-24-10-8-23(9-11-24)27(3)15-12-25(29)13-16-28(17-14-25)19-22-6-4-21(18-26)5-7-22/h4-11,20,29H,12-17,19H2,1-3H3. The molecule has 1 fully saturated rings. The lowest BCUT2D eigenvalue weighted by Crippen LogP contribution is -2.45. The molecular weight excluding hydrogens is 374 g/mol. The van der Waals surface area contributed by atoms with Gasteiger partial charge in [0.15, 0.2) is 0 Å². The Hall–Kier alpha value is -2.55. The van der Waals surface area contributed by atoms with Gasteiger partial charge < -0.3 is 14.7 Å². The average Bonchev–Trinajstić information content (AvgIpc) is 2.75. The molecule has 1 heterocycles. The van der Waals surface area contributed by atoms with Gasteiger partial charge in [0.25, 0.3) is 0 Å². The van der Waals surface area contributed by atoms with Gasteiger partial charge in [0.2, 0.25) is 0 Å². The third kappa shape index (κ3) is 6.22. The van der Waals surface area contributed by atoms with Gasteiger partial charge in [-0.05, 0) is 75.1 Å². The molecule has 1 N–H and O–H groups in total. The lowest BCUT2D eigenvalue weighted by atomic mass is 9.88. The minimum atomic E-state index is -0.601. The summed E-state index contributed by atoms with van der Waals surface area (Å²) in [5.41, 5.74) is 2.44. The van der Waals surface area contributed by atoms with Crippen molar-refractivity contribution in [1.82, 2.24) is 4.90 Å². The van der Waals surface area contributed by atoms with Crippen LogP contribution in [-0.4, -0.2) is 48.4 Å². The summed E-state index contributed by atoms with van der Waals surface area (Å²) in [6.07, 6.45) is 2.51. The number of hydrogen-bond acceptors (Lipinski definition) is 5. The zero-order valence-corrected chi connectivity index (χ0v) is 18.3. The van der Waals surface area contributed by atoms with Gasteiger partial charge in [-0.3, -0.25) is 4.90 Å². The van der Waals surface area contributed by atoms with Gasteiger partial charge >= 0.3 is 0 Å². The van der Waals surface area contributed by atoms with Crippen molar-refractivity contribution in [3.8, 4) is 11.8 Å². The molecule has 0 amide bonds. The monoisotopic (exact) mass is 407 g/mol. The zero-order valence-electron chi connectivity index (χ0n) is 18.3. The van der Waals surface area contributed by atoms with E-state index in [2.05, 4.69) is 35.0 Å². The lowest BCUT2D eigenvalue weighted by molar-refractivity contribution is -0.0275. The fourth-order valence-corrected chi connectivity index (χ4v) is 3.88. The van der Waals surface area contributed by atoms with Crippen LogP contribution >= 0.6 is 0 Å². The van der Waals surface area contributed by atoms with Crippen LogP contribution in [0.2, 0.25) is 0 Å². The van der Waals surface area contributed by atoms with E-state index in [9.17, 15) is 5.11 Å². The Morgan fingerprint density at radius 1 is 1.10 bits per heavy atom. The average molecular weight is 408 g/mol. The molecule has 0 bridgehead atoms. The first kappa shape index (κ1) is 22.1. The van der Waals surface area contributed by atoms with Crippen molar-refractivity contribution in [2.75, 3.05) is 31.6 Å². The summed E-state index contributed by atoms with van der Waals surface area (Å²) in [5, 5.41) is 20.0. The Morgan fingerprint density at radius 2 is 1.73 bits per heavy atom. The molecule has 5 nitrogen and oxygen atoms in total. The quantitative estimate of drug-likeness (QED) is 0.711. The van der Waals surface area contributed by atoms with Gasteiger partial charge in [-0.25, -0.2) is 0 Å². The predicted octanol–water partition coefficient (Wildman–Crippen LogP) is 4.20. The van der Waals surface area contributed by atoms with E-state index in [4.69, 9.17) is 10.00 Å². The van der Waals surface area contributed by atoms with Crippen molar-refractivity contribution >= 4 is 5.69 Å². The molecule has 2 aromatic rings. The molecule has 160 valence electrons. The largest absolute Gasteiger partial charge is 0.491 e. The summed E-state index contributed by atoms with van der Waals surface area (Å²) in [6.45, 7) is 7.51. The second kappa shape index (κ2) is 9.97. The molecule has 30 heavy (non-hydrogen) atoms. The maximum atomic E-state index is 11.1. The second-order valence-corrected chi connectivity index (χ2v) is 8.64. The van der Waals surface area contributed by atoms with Gasteiger partial charge in [-0.2, -0.15) is 5.26 Å². The molecule has 0 aliphatic carbocycles. The first-order valence-corrected chi connectivity index (χ1v) is 10.8. The van der Waals surface area contributed by atoms with E-state index >= 15 is 0 Å². The number of anilines is 1. The smallest absolute Gasteiger partial charge is 0.119 e. The van der Waals surface area contributed by atoms with Crippen LogP contribution < -0.4 is 9.64 Å². The van der Waals surface area contributed by atoms with Crippen LogP contribution in [0.5, 0.6) is 5.75 Å². The Kier molecular flexibility index (Phi) is 7.36. The van der Waals surface area contributed by atoms with Gasteiger partial charge in [-0.15, -0.1) is 0 Å². The van der Waals surface area contributed by atoms with Crippen LogP contribution in [0.1, 0.15) is 44.2 Å². The summed E-state index contributed by atoms with van der Waals surface area (Å²) >= 11 is 0. The molecule has 0 unspecified atom stereocenters. The number of ether oxygens (including phenoxy) is 1. The van der Waals surface area contributed by atoms with Crippen molar-refractivity contribution < 1.29 is 9.84 Å². The first-order chi connectivity index (χ1) is 14.4. The van der Waals surface area contributed by atoms with E-state index < -0.39 is 5.60 Å². The number of nitriles is 1. The maximum Gasteiger partial charge on any atom is 0.119 e. The molecule has 2 aromatic carbocycles. The van der Waals surface area contributed by atoms with Crippen LogP contribution in [0.15, 0.2) is 48.5 Å². The molecule has 5 heteroatoms. The Morgan fingerprint density at radius 3 is 2.30 bits per heavy atom. The number of piperidine rings is 1. The minimum Gasteiger partial charge on any atom is -0.491 e. The Labute approximate surface area is 180 Å². The van der Waals surface area contributed by atoms with Crippen molar-refractivity contribution in [2.45, 2.75) is 51.4 Å². The van der Waals surface area contributed by atoms with Crippen molar-refractivity contribution in [1.29, 1.82) is 5.26 Å². The van der Waals surface area contributed by atoms with Gasteiger partial charge in [-0.1, -0.05) is 12.1 Å². The fraction of sp³-hybridized carbons (Fsp3) is 0.480. The summed E-state index contributed by atoms with van der Waals surface area (Å²) in [7, 11) is 2.07. The number of rotatable bonds is 8. The SMILES string of the molecule is CC(C)Oc1ccc(N(C)CCC2(O)CCN(Cc3ccc(C#N)cc3)CC2)cc1. The lowest BCUT2D eigenvalue weighted by Gasteiger charge is -2.39. The van der Waals surface area contributed by atoms with Gasteiger partial charge in [0, 0.05) is 38.9 Å². The summed E-state index contributed by atoms with van der Waals surface area (Å²) < 4.78 is 5.71. The highest BCUT2D eigenvalue weighted by molar-refractivity contribution is 5.48. The van der Waals surface area contributed by atoms with Crippen LogP contribution in [0.25, 0.3) is 0 Å². The number of nitrogens with zero attached hydrogens (tertiary/aromatic N) is 3. The highest BCUT2D eigenvalue weighted by Crippen LogP contribution is 2.28. The van der Waals surface area contributed by atoms with Crippen LogP contribution in [-0.2, 0) is 6.54 Å². The van der Waals surface area contributed by atoms with E-state index in [0.29, 0.717) is 5.56 Å². The molecule has 1 aliphatic heterocycles. The molecule has 0 saturated carbocycles. The number of aliphatic hydroxyl groups is 1. The number of hydrogen-bond donors (Lipinski definition) is 1. The van der Waals surface area contributed by atoms with Crippen molar-refractivity contribution in [2.24, 2.45) is 0 Å². The minimum absolute atomic E-state index is 0.172. The third-order valence-corrected chi connectivity index (χ3v) is 5.84. The highest BCUT2D eigenvalue weighted by Gasteiger charge is 2.32. The van der Waals surface area contributed by atoms with Gasteiger partial charge in [0.05, 0.1) is 23.3 Å². The second-order valence-electron chi connectivity index (χ2n) is 8.64. The fourth-order valence-electron chi connectivity index (χ4n) is 3.88. The van der Waals surface area contributed by atoms with Crippen molar-refractivity contribution in [3.63, 3.8) is 0 Å². The molecule has 0 radical (unpaired) electrons. The third-order valence-electron chi connectivity index (χ3n) is 5.84. The normalized spacial score (nSPS) is 16.3. The Balaban J connectivity index is 1.45.